The zero-order chi connectivity index (χ0) is 16.2. The molecule has 0 unspecified atom stereocenters. The van der Waals surface area contributed by atoms with Gasteiger partial charge in [0, 0.05) is 38.4 Å². The van der Waals surface area contributed by atoms with Crippen LogP contribution in [0.25, 0.3) is 11.5 Å². The number of methoxy groups -OCH3 is 1. The number of hydrogen-bond acceptors (Lipinski definition) is 5. The van der Waals surface area contributed by atoms with Crippen LogP contribution in [0.15, 0.2) is 35.3 Å². The van der Waals surface area contributed by atoms with E-state index in [9.17, 15) is 9.59 Å². The van der Waals surface area contributed by atoms with Gasteiger partial charge in [0.25, 0.3) is 5.56 Å². The monoisotopic (exact) mass is 314 g/mol. The molecule has 0 spiro atoms. The summed E-state index contributed by atoms with van der Waals surface area (Å²) < 4.78 is 4.88. The summed E-state index contributed by atoms with van der Waals surface area (Å²) >= 11 is 0. The highest BCUT2D eigenvalue weighted by atomic mass is 16.5. The van der Waals surface area contributed by atoms with E-state index < -0.39 is 0 Å². The molecule has 120 valence electrons. The molecular weight excluding hydrogens is 296 g/mol. The minimum atomic E-state index is -0.211. The zero-order valence-corrected chi connectivity index (χ0v) is 12.9. The van der Waals surface area contributed by atoms with Crippen molar-refractivity contribution in [2.24, 2.45) is 0 Å². The molecule has 1 fully saturated rings. The number of likely N-dealkylation sites (tertiary alicyclic amines) is 1. The van der Waals surface area contributed by atoms with Crippen LogP contribution in [0.3, 0.4) is 0 Å². The minimum absolute atomic E-state index is 0.0372. The highest BCUT2D eigenvalue weighted by Gasteiger charge is 2.28. The Morgan fingerprint density at radius 2 is 2.35 bits per heavy atom. The van der Waals surface area contributed by atoms with E-state index in [4.69, 9.17) is 4.74 Å². The van der Waals surface area contributed by atoms with Gasteiger partial charge in [-0.05, 0) is 18.6 Å². The molecule has 1 aliphatic heterocycles. The average Bonchev–Trinajstić information content (AvgIpc) is 3.05. The Morgan fingerprint density at radius 3 is 3.09 bits per heavy atom. The van der Waals surface area contributed by atoms with Crippen LogP contribution in [0, 0.1) is 0 Å². The van der Waals surface area contributed by atoms with Crippen molar-refractivity contribution in [3.8, 4) is 11.5 Å². The van der Waals surface area contributed by atoms with Gasteiger partial charge in [0.05, 0.1) is 5.69 Å². The largest absolute Gasteiger partial charge is 0.375 e. The van der Waals surface area contributed by atoms with Crippen molar-refractivity contribution in [2.75, 3.05) is 26.8 Å². The van der Waals surface area contributed by atoms with E-state index in [1.165, 1.54) is 13.2 Å². The van der Waals surface area contributed by atoms with Crippen molar-refractivity contribution in [2.45, 2.75) is 12.3 Å². The van der Waals surface area contributed by atoms with Gasteiger partial charge in [-0.1, -0.05) is 6.07 Å². The maximum atomic E-state index is 11.9. The minimum Gasteiger partial charge on any atom is -0.375 e. The predicted octanol–water partition coefficient (Wildman–Crippen LogP) is 0.794. The number of carbonyl (C=O) groups is 1. The van der Waals surface area contributed by atoms with Crippen LogP contribution in [-0.4, -0.2) is 52.6 Å². The van der Waals surface area contributed by atoms with Crippen LogP contribution in [0.5, 0.6) is 0 Å². The molecule has 0 aromatic carbocycles. The van der Waals surface area contributed by atoms with E-state index in [0.717, 1.165) is 6.42 Å². The Morgan fingerprint density at radius 1 is 1.48 bits per heavy atom. The lowest BCUT2D eigenvalue weighted by molar-refractivity contribution is -0.134. The molecule has 1 saturated heterocycles. The fourth-order valence-corrected chi connectivity index (χ4v) is 2.75. The molecule has 23 heavy (non-hydrogen) atoms. The molecule has 1 amide bonds. The molecule has 2 aromatic heterocycles. The predicted molar refractivity (Wildman–Crippen MR) is 83.9 cm³/mol. The third-order valence-corrected chi connectivity index (χ3v) is 3.90. The lowest BCUT2D eigenvalue weighted by Crippen LogP contribution is -2.31. The quantitative estimate of drug-likeness (QED) is 0.901. The summed E-state index contributed by atoms with van der Waals surface area (Å²) in [5.41, 5.74) is 1.11. The molecule has 0 aliphatic carbocycles. The van der Waals surface area contributed by atoms with Crippen LogP contribution < -0.4 is 5.56 Å². The summed E-state index contributed by atoms with van der Waals surface area (Å²) in [5.74, 6) is 0.472. The lowest BCUT2D eigenvalue weighted by Gasteiger charge is -2.16. The number of rotatable bonds is 4. The number of ether oxygens (including phenoxy) is 1. The van der Waals surface area contributed by atoms with Crippen molar-refractivity contribution >= 4 is 5.91 Å². The second-order valence-electron chi connectivity index (χ2n) is 5.49. The van der Waals surface area contributed by atoms with Crippen LogP contribution in [0.1, 0.15) is 18.0 Å². The number of pyridine rings is 1. The van der Waals surface area contributed by atoms with Crippen LogP contribution in [0.4, 0.5) is 0 Å². The maximum Gasteiger partial charge on any atom is 0.251 e. The fourth-order valence-electron chi connectivity index (χ4n) is 2.75. The smallest absolute Gasteiger partial charge is 0.251 e. The van der Waals surface area contributed by atoms with Gasteiger partial charge in [-0.2, -0.15) is 0 Å². The molecule has 1 N–H and O–H groups in total. The van der Waals surface area contributed by atoms with Crippen molar-refractivity contribution in [1.82, 2.24) is 19.9 Å². The van der Waals surface area contributed by atoms with Gasteiger partial charge < -0.3 is 14.6 Å². The van der Waals surface area contributed by atoms with E-state index in [2.05, 4.69) is 15.0 Å². The second kappa shape index (κ2) is 6.70. The van der Waals surface area contributed by atoms with Gasteiger partial charge in [0.15, 0.2) is 5.82 Å². The Bertz CT molecular complexity index is 744. The summed E-state index contributed by atoms with van der Waals surface area (Å²) in [6.45, 7) is 1.29. The van der Waals surface area contributed by atoms with E-state index in [0.29, 0.717) is 30.3 Å². The summed E-state index contributed by atoms with van der Waals surface area (Å²) in [6.07, 6.45) is 2.44. The van der Waals surface area contributed by atoms with Gasteiger partial charge >= 0.3 is 0 Å². The van der Waals surface area contributed by atoms with Gasteiger partial charge in [-0.15, -0.1) is 0 Å². The molecule has 0 saturated carbocycles. The van der Waals surface area contributed by atoms with Crippen molar-refractivity contribution in [3.05, 3.63) is 46.5 Å². The molecule has 2 aromatic rings. The van der Waals surface area contributed by atoms with Crippen LogP contribution in [-0.2, 0) is 9.53 Å². The number of aromatic nitrogens is 3. The van der Waals surface area contributed by atoms with E-state index in [1.807, 2.05) is 12.1 Å². The summed E-state index contributed by atoms with van der Waals surface area (Å²) in [6, 6.07) is 6.95. The Kier molecular flexibility index (Phi) is 4.47. The third-order valence-electron chi connectivity index (χ3n) is 3.90. The fraction of sp³-hybridized carbons (Fsp3) is 0.375. The molecule has 3 heterocycles. The second-order valence-corrected chi connectivity index (χ2v) is 5.49. The van der Waals surface area contributed by atoms with Gasteiger partial charge in [-0.25, -0.2) is 4.98 Å². The van der Waals surface area contributed by atoms with E-state index >= 15 is 0 Å². The van der Waals surface area contributed by atoms with Crippen molar-refractivity contribution in [1.29, 1.82) is 0 Å². The highest BCUT2D eigenvalue weighted by molar-refractivity contribution is 5.77. The lowest BCUT2D eigenvalue weighted by atomic mass is 10.0. The zero-order valence-electron chi connectivity index (χ0n) is 12.9. The Hall–Kier alpha value is -2.54. The number of aromatic amines is 1. The van der Waals surface area contributed by atoms with E-state index in [1.54, 1.807) is 17.2 Å². The van der Waals surface area contributed by atoms with Gasteiger partial charge in [-0.3, -0.25) is 14.6 Å². The molecule has 7 nitrogen and oxygen atoms in total. The molecule has 0 radical (unpaired) electrons. The first-order valence-electron chi connectivity index (χ1n) is 7.47. The summed E-state index contributed by atoms with van der Waals surface area (Å²) in [7, 11) is 1.50. The first kappa shape index (κ1) is 15.4. The molecular formula is C16H18N4O3. The topological polar surface area (TPSA) is 88.2 Å². The van der Waals surface area contributed by atoms with Crippen LogP contribution in [0.2, 0.25) is 0 Å². The number of nitrogens with zero attached hydrogens (tertiary/aromatic N) is 3. The van der Waals surface area contributed by atoms with Crippen molar-refractivity contribution < 1.29 is 9.53 Å². The van der Waals surface area contributed by atoms with Crippen molar-refractivity contribution in [3.63, 3.8) is 0 Å². The molecule has 1 aliphatic rings. The third kappa shape index (κ3) is 3.45. The summed E-state index contributed by atoms with van der Waals surface area (Å²) in [4.78, 5) is 37.0. The molecule has 1 atom stereocenters. The maximum absolute atomic E-state index is 11.9. The Labute approximate surface area is 133 Å². The number of nitrogens with one attached hydrogen (secondary N) is 1. The first-order valence-corrected chi connectivity index (χ1v) is 7.47. The molecule has 0 bridgehead atoms. The number of hydrogen-bond donors (Lipinski definition) is 1. The molecule has 7 heteroatoms. The SMILES string of the molecule is COCC(=O)N1CC[C@@H](c2cc(=O)[nH]c(-c3ccccn3)n2)C1. The van der Waals surface area contributed by atoms with E-state index in [-0.39, 0.29) is 24.0 Å². The summed E-state index contributed by atoms with van der Waals surface area (Å²) in [5, 5.41) is 0. The van der Waals surface area contributed by atoms with Gasteiger partial charge in [0.1, 0.15) is 12.3 Å². The van der Waals surface area contributed by atoms with Crippen LogP contribution >= 0.6 is 0 Å². The van der Waals surface area contributed by atoms with Gasteiger partial charge in [0.2, 0.25) is 5.91 Å². The normalized spacial score (nSPS) is 17.4. The first-order chi connectivity index (χ1) is 11.2. The average molecular weight is 314 g/mol. The number of carbonyl (C=O) groups excluding carboxylic acids is 1. The highest BCUT2D eigenvalue weighted by Crippen LogP contribution is 2.26. The standard InChI is InChI=1S/C16H18N4O3/c1-23-10-15(22)20-7-5-11(9-20)13-8-14(21)19-16(18-13)12-4-2-3-6-17-12/h2-4,6,8,11H,5,7,9-10H2,1H3,(H,18,19,21)/t11-/m1/s1. The molecule has 3 rings (SSSR count). The number of H-pyrrole nitrogens is 1. The number of amides is 1. The Balaban J connectivity index is 1.83.